The van der Waals surface area contributed by atoms with E-state index >= 15 is 0 Å². The molecule has 212 valence electrons. The molecule has 40 heavy (non-hydrogen) atoms. The molecule has 3 aromatic carbocycles. The minimum atomic E-state index is -4.77. The van der Waals surface area contributed by atoms with Gasteiger partial charge in [0.1, 0.15) is 11.1 Å². The van der Waals surface area contributed by atoms with Crippen molar-refractivity contribution >= 4 is 53.7 Å². The fourth-order valence-corrected chi connectivity index (χ4v) is 7.63. The summed E-state index contributed by atoms with van der Waals surface area (Å²) in [5, 5.41) is -0.820. The molecule has 0 bridgehead atoms. The highest BCUT2D eigenvalue weighted by atomic mass is 79.9. The molecular formula is C25H22BrF3N4O5S2. The summed E-state index contributed by atoms with van der Waals surface area (Å²) in [5.41, 5.74) is 1.22. The molecule has 1 aliphatic heterocycles. The number of nitrogens with one attached hydrogen (secondary N) is 3. The summed E-state index contributed by atoms with van der Waals surface area (Å²) >= 11 is 2.82. The van der Waals surface area contributed by atoms with Gasteiger partial charge in [-0.2, -0.15) is 13.2 Å². The lowest BCUT2D eigenvalue weighted by Gasteiger charge is -2.32. The van der Waals surface area contributed by atoms with Crippen LogP contribution in [0.4, 0.5) is 13.2 Å². The molecule has 0 aliphatic carbocycles. The zero-order valence-corrected chi connectivity index (χ0v) is 23.5. The first kappa shape index (κ1) is 28.6. The van der Waals surface area contributed by atoms with Crippen LogP contribution in [0.1, 0.15) is 40.2 Å². The van der Waals surface area contributed by atoms with Crippen molar-refractivity contribution in [3.63, 3.8) is 0 Å². The van der Waals surface area contributed by atoms with Gasteiger partial charge in [0, 0.05) is 4.47 Å². The van der Waals surface area contributed by atoms with E-state index in [2.05, 4.69) is 35.3 Å². The van der Waals surface area contributed by atoms with Gasteiger partial charge in [-0.25, -0.2) is 18.1 Å². The summed E-state index contributed by atoms with van der Waals surface area (Å²) < 4.78 is 91.7. The second-order valence-electron chi connectivity index (χ2n) is 9.21. The van der Waals surface area contributed by atoms with Crippen LogP contribution in [0.5, 0.6) is 0 Å². The molecule has 1 fully saturated rings. The van der Waals surface area contributed by atoms with Crippen LogP contribution in [0.15, 0.2) is 76.1 Å². The third kappa shape index (κ3) is 5.89. The fraction of sp³-hybridized carbons (Fsp3) is 0.200. The first-order chi connectivity index (χ1) is 18.7. The highest BCUT2D eigenvalue weighted by Gasteiger charge is 2.38. The third-order valence-electron chi connectivity index (χ3n) is 6.41. The first-order valence-electron chi connectivity index (χ1n) is 11.7. The standard InChI is InChI=1S/C25H22BrF3N4O5S2/c26-18-10-9-16(12-17(18)25(27,28)29)39(35,36)32-21(24-30-19-3-1-2-4-20(19)31-24)11-14-5-7-15(8-6-14)22-13-23(34)33-40(22,37)38/h1-10,12,21-22,32,37-38H,11,13H2,(H,30,31)(H,33,34)/t21-,22?/m0/s1. The van der Waals surface area contributed by atoms with Crippen molar-refractivity contribution in [2.75, 3.05) is 0 Å². The van der Waals surface area contributed by atoms with Crippen molar-refractivity contribution in [1.29, 1.82) is 0 Å². The number of H-pyrrole nitrogens is 1. The fourth-order valence-electron chi connectivity index (χ4n) is 4.45. The van der Waals surface area contributed by atoms with E-state index in [1.54, 1.807) is 48.5 Å². The van der Waals surface area contributed by atoms with Crippen LogP contribution in [-0.4, -0.2) is 33.4 Å². The van der Waals surface area contributed by atoms with E-state index in [0.717, 1.165) is 12.1 Å². The predicted octanol–water partition coefficient (Wildman–Crippen LogP) is 5.83. The monoisotopic (exact) mass is 658 g/mol. The van der Waals surface area contributed by atoms with E-state index in [1.807, 2.05) is 0 Å². The Bertz CT molecular complexity index is 1660. The maximum atomic E-state index is 13.5. The molecule has 1 aromatic heterocycles. The maximum absolute atomic E-state index is 13.5. The average molecular weight is 660 g/mol. The van der Waals surface area contributed by atoms with E-state index in [-0.39, 0.29) is 23.1 Å². The Labute approximate surface area is 236 Å². The zero-order valence-electron chi connectivity index (χ0n) is 20.3. The maximum Gasteiger partial charge on any atom is 0.417 e. The molecule has 2 heterocycles. The molecule has 5 rings (SSSR count). The lowest BCUT2D eigenvalue weighted by atomic mass is 10.0. The van der Waals surface area contributed by atoms with Gasteiger partial charge in [-0.3, -0.25) is 18.6 Å². The summed E-state index contributed by atoms with van der Waals surface area (Å²) in [6.45, 7) is 0. The minimum absolute atomic E-state index is 0.0556. The van der Waals surface area contributed by atoms with Gasteiger partial charge in [-0.05, 0) is 47.9 Å². The molecule has 1 saturated heterocycles. The van der Waals surface area contributed by atoms with Gasteiger partial charge in [0.2, 0.25) is 15.9 Å². The van der Waals surface area contributed by atoms with Crippen LogP contribution in [0.25, 0.3) is 11.0 Å². The van der Waals surface area contributed by atoms with Crippen molar-refractivity contribution in [3.8, 4) is 0 Å². The van der Waals surface area contributed by atoms with Gasteiger partial charge in [0.05, 0.1) is 34.0 Å². The summed E-state index contributed by atoms with van der Waals surface area (Å²) in [6.07, 6.45) is -4.80. The molecule has 5 N–H and O–H groups in total. The van der Waals surface area contributed by atoms with Crippen molar-refractivity contribution in [3.05, 3.63) is 93.7 Å². The van der Waals surface area contributed by atoms with Gasteiger partial charge >= 0.3 is 6.18 Å². The molecule has 1 aliphatic rings. The molecule has 9 nitrogen and oxygen atoms in total. The smallest absolute Gasteiger partial charge is 0.341 e. The number of alkyl halides is 3. The molecule has 1 unspecified atom stereocenters. The number of amides is 1. The molecular weight excluding hydrogens is 637 g/mol. The number of hydrogen-bond acceptors (Lipinski definition) is 6. The Kier molecular flexibility index (Phi) is 7.48. The number of rotatable bonds is 7. The lowest BCUT2D eigenvalue weighted by Crippen LogP contribution is -2.31. The van der Waals surface area contributed by atoms with Gasteiger partial charge in [-0.1, -0.05) is 52.3 Å². The van der Waals surface area contributed by atoms with Crippen molar-refractivity contribution in [2.45, 2.75) is 35.2 Å². The number of nitrogens with zero attached hydrogens (tertiary/aromatic N) is 1. The molecule has 0 spiro atoms. The zero-order chi connectivity index (χ0) is 28.9. The van der Waals surface area contributed by atoms with Crippen LogP contribution < -0.4 is 9.44 Å². The number of carbonyl (C=O) groups is 1. The van der Waals surface area contributed by atoms with Gasteiger partial charge < -0.3 is 4.98 Å². The van der Waals surface area contributed by atoms with Crippen molar-refractivity contribution < 1.29 is 35.5 Å². The largest absolute Gasteiger partial charge is 0.417 e. The Morgan fingerprint density at radius 3 is 2.42 bits per heavy atom. The second-order valence-corrected chi connectivity index (χ2v) is 13.7. The van der Waals surface area contributed by atoms with E-state index in [9.17, 15) is 35.5 Å². The highest BCUT2D eigenvalue weighted by Crippen LogP contribution is 2.56. The number of hydrogen-bond donors (Lipinski definition) is 5. The predicted molar refractivity (Wildman–Crippen MR) is 147 cm³/mol. The van der Waals surface area contributed by atoms with E-state index in [0.29, 0.717) is 28.2 Å². The van der Waals surface area contributed by atoms with Crippen molar-refractivity contribution in [2.24, 2.45) is 0 Å². The number of imidazole rings is 1. The summed E-state index contributed by atoms with van der Waals surface area (Å²) in [6, 6.07) is 15.2. The number of para-hydroxylation sites is 2. The Morgan fingerprint density at radius 1 is 1.10 bits per heavy atom. The minimum Gasteiger partial charge on any atom is -0.341 e. The number of carbonyl (C=O) groups excluding carboxylic acids is 1. The Hall–Kier alpha value is -2.95. The summed E-state index contributed by atoms with van der Waals surface area (Å²) in [4.78, 5) is 18.7. The first-order valence-corrected chi connectivity index (χ1v) is 15.6. The number of fused-ring (bicyclic) bond motifs is 1. The Balaban J connectivity index is 1.47. The van der Waals surface area contributed by atoms with Crippen LogP contribution in [0.3, 0.4) is 0 Å². The van der Waals surface area contributed by atoms with Crippen LogP contribution in [0.2, 0.25) is 0 Å². The molecule has 15 heteroatoms. The number of aromatic nitrogens is 2. The number of sulfonamides is 1. The van der Waals surface area contributed by atoms with E-state index in [1.165, 1.54) is 0 Å². The summed E-state index contributed by atoms with van der Waals surface area (Å²) in [7, 11) is -7.79. The Morgan fingerprint density at radius 2 is 1.80 bits per heavy atom. The van der Waals surface area contributed by atoms with Gasteiger partial charge in [0.25, 0.3) is 0 Å². The summed E-state index contributed by atoms with van der Waals surface area (Å²) in [5.74, 6) is -0.225. The van der Waals surface area contributed by atoms with E-state index < -0.39 is 54.6 Å². The lowest BCUT2D eigenvalue weighted by molar-refractivity contribution is -0.138. The number of halogens is 4. The molecule has 4 aromatic rings. The van der Waals surface area contributed by atoms with Gasteiger partial charge in [-0.15, -0.1) is 10.8 Å². The van der Waals surface area contributed by atoms with Crippen LogP contribution in [-0.2, 0) is 27.4 Å². The van der Waals surface area contributed by atoms with Crippen LogP contribution >= 0.6 is 26.7 Å². The molecule has 1 amide bonds. The molecule has 0 saturated carbocycles. The van der Waals surface area contributed by atoms with Crippen LogP contribution in [0, 0.1) is 0 Å². The SMILES string of the molecule is O=C1CC(c2ccc(C[C@H](NS(=O)(=O)c3ccc(Br)c(C(F)(F)F)c3)c3nc4ccccc4[nH]3)cc2)S(O)(O)N1. The van der Waals surface area contributed by atoms with Gasteiger partial charge in [0.15, 0.2) is 0 Å². The number of benzene rings is 3. The van der Waals surface area contributed by atoms with Crippen molar-refractivity contribution in [1.82, 2.24) is 19.4 Å². The number of aromatic amines is 1. The average Bonchev–Trinajstić information content (AvgIpc) is 3.42. The topological polar surface area (TPSA) is 144 Å². The normalized spacial score (nSPS) is 18.9. The molecule has 0 radical (unpaired) electrons. The quantitative estimate of drug-likeness (QED) is 0.169. The third-order valence-corrected chi connectivity index (χ3v) is 10.3. The van der Waals surface area contributed by atoms with E-state index in [4.69, 9.17) is 0 Å². The molecule has 2 atom stereocenters. The highest BCUT2D eigenvalue weighted by molar-refractivity contribution is 9.10. The second kappa shape index (κ2) is 10.5.